The number of anilines is 4. The Labute approximate surface area is 210 Å². The molecule has 0 aliphatic carbocycles. The van der Waals surface area contributed by atoms with Crippen molar-refractivity contribution in [3.8, 4) is 17.0 Å². The number of halogens is 1. The van der Waals surface area contributed by atoms with Gasteiger partial charge >= 0.3 is 0 Å². The standard InChI is InChI=1S/C26H30ClN7O/c1-32(2)17-10-11-34(14-17)22-9-8-16(12-21(22)28)30-26-29-13-20(27)24(31-26)19-15-33(3)25-18(19)6-5-7-23(25)35-4/h5-9,12-13,15,17H,10-11,14,28H2,1-4H3,(H,29,30,31). The highest BCUT2D eigenvalue weighted by molar-refractivity contribution is 6.33. The summed E-state index contributed by atoms with van der Waals surface area (Å²) in [5.41, 5.74) is 11.6. The summed E-state index contributed by atoms with van der Waals surface area (Å²) in [5, 5.41) is 4.77. The summed E-state index contributed by atoms with van der Waals surface area (Å²) < 4.78 is 7.57. The number of likely N-dealkylation sites (N-methyl/N-ethyl adjacent to an activating group) is 1. The molecule has 9 heteroatoms. The van der Waals surface area contributed by atoms with Crippen molar-refractivity contribution in [1.29, 1.82) is 0 Å². The molecular weight excluding hydrogens is 462 g/mol. The van der Waals surface area contributed by atoms with Gasteiger partial charge in [-0.1, -0.05) is 23.7 Å². The third-order valence-corrected chi connectivity index (χ3v) is 6.98. The normalized spacial score (nSPS) is 15.8. The van der Waals surface area contributed by atoms with Crippen LogP contribution in [0.4, 0.5) is 23.0 Å². The average molecular weight is 492 g/mol. The maximum atomic E-state index is 6.55. The molecule has 35 heavy (non-hydrogen) atoms. The molecule has 182 valence electrons. The molecule has 0 amide bonds. The molecule has 2 aromatic heterocycles. The summed E-state index contributed by atoms with van der Waals surface area (Å²) in [6.45, 7) is 1.97. The van der Waals surface area contributed by atoms with Crippen LogP contribution >= 0.6 is 11.6 Å². The number of nitrogens with two attached hydrogens (primary N) is 1. The van der Waals surface area contributed by atoms with Crippen LogP contribution in [0.15, 0.2) is 48.8 Å². The quantitative estimate of drug-likeness (QED) is 0.376. The Bertz CT molecular complexity index is 1380. The average Bonchev–Trinajstić information content (AvgIpc) is 3.46. The number of hydrogen-bond acceptors (Lipinski definition) is 7. The molecule has 0 spiro atoms. The topological polar surface area (TPSA) is 84.5 Å². The number of aromatic nitrogens is 3. The highest BCUT2D eigenvalue weighted by Gasteiger charge is 2.25. The number of hydrogen-bond donors (Lipinski definition) is 2. The zero-order chi connectivity index (χ0) is 24.7. The smallest absolute Gasteiger partial charge is 0.227 e. The largest absolute Gasteiger partial charge is 0.495 e. The number of fused-ring (bicyclic) bond motifs is 1. The molecule has 3 N–H and O–H groups in total. The lowest BCUT2D eigenvalue weighted by Gasteiger charge is -2.23. The first-order chi connectivity index (χ1) is 16.9. The Kier molecular flexibility index (Phi) is 6.17. The third kappa shape index (κ3) is 4.35. The first-order valence-electron chi connectivity index (χ1n) is 11.6. The van der Waals surface area contributed by atoms with Gasteiger partial charge in [0.25, 0.3) is 0 Å². The molecule has 3 heterocycles. The summed E-state index contributed by atoms with van der Waals surface area (Å²) in [5.74, 6) is 1.25. The van der Waals surface area contributed by atoms with Gasteiger partial charge in [0.1, 0.15) is 5.75 Å². The Morgan fingerprint density at radius 3 is 2.77 bits per heavy atom. The van der Waals surface area contributed by atoms with Crippen molar-refractivity contribution in [3.05, 3.63) is 53.8 Å². The number of nitrogens with one attached hydrogen (secondary N) is 1. The number of ether oxygens (including phenoxy) is 1. The van der Waals surface area contributed by atoms with Crippen LogP contribution < -0.4 is 20.7 Å². The Hall–Kier alpha value is -3.49. The molecule has 1 fully saturated rings. The SMILES string of the molecule is COc1cccc2c(-c3nc(Nc4ccc(N5CCC(N(C)C)C5)c(N)c4)ncc3Cl)cn(C)c12. The molecular formula is C26H30ClN7O. The van der Waals surface area contributed by atoms with Crippen molar-refractivity contribution >= 4 is 45.5 Å². The number of para-hydroxylation sites is 1. The maximum absolute atomic E-state index is 6.55. The molecule has 2 aromatic carbocycles. The Morgan fingerprint density at radius 2 is 2.06 bits per heavy atom. The molecule has 1 unspecified atom stereocenters. The van der Waals surface area contributed by atoms with Crippen molar-refractivity contribution < 1.29 is 4.74 Å². The van der Waals surface area contributed by atoms with Gasteiger partial charge < -0.3 is 30.2 Å². The van der Waals surface area contributed by atoms with E-state index >= 15 is 0 Å². The fraction of sp³-hybridized carbons (Fsp3) is 0.308. The number of nitrogen functional groups attached to an aromatic ring is 1. The van der Waals surface area contributed by atoms with Gasteiger partial charge in [-0.2, -0.15) is 0 Å². The van der Waals surface area contributed by atoms with Gasteiger partial charge in [0.05, 0.1) is 40.9 Å². The van der Waals surface area contributed by atoms with E-state index < -0.39 is 0 Å². The van der Waals surface area contributed by atoms with E-state index in [1.165, 1.54) is 0 Å². The molecule has 0 bridgehead atoms. The van der Waals surface area contributed by atoms with E-state index in [2.05, 4.69) is 40.3 Å². The molecule has 1 aliphatic rings. The summed E-state index contributed by atoms with van der Waals surface area (Å²) in [7, 11) is 7.90. The minimum atomic E-state index is 0.449. The highest BCUT2D eigenvalue weighted by atomic mass is 35.5. The van der Waals surface area contributed by atoms with E-state index in [9.17, 15) is 0 Å². The number of rotatable bonds is 6. The van der Waals surface area contributed by atoms with Gasteiger partial charge in [0.2, 0.25) is 5.95 Å². The van der Waals surface area contributed by atoms with Crippen LogP contribution in [0.2, 0.25) is 5.02 Å². The first-order valence-corrected chi connectivity index (χ1v) is 12.0. The first kappa shape index (κ1) is 23.3. The molecule has 4 aromatic rings. The van der Waals surface area contributed by atoms with Gasteiger partial charge in [0, 0.05) is 49.0 Å². The predicted octanol–water partition coefficient (Wildman–Crippen LogP) is 4.76. The molecule has 1 saturated heterocycles. The summed E-state index contributed by atoms with van der Waals surface area (Å²) in [4.78, 5) is 13.8. The zero-order valence-corrected chi connectivity index (χ0v) is 21.2. The number of methoxy groups -OCH3 is 1. The van der Waals surface area contributed by atoms with Crippen LogP contribution in [-0.2, 0) is 7.05 Å². The van der Waals surface area contributed by atoms with Crippen LogP contribution in [-0.4, -0.2) is 59.8 Å². The van der Waals surface area contributed by atoms with Crippen molar-refractivity contribution in [2.24, 2.45) is 7.05 Å². The monoisotopic (exact) mass is 491 g/mol. The van der Waals surface area contributed by atoms with Crippen LogP contribution in [0, 0.1) is 0 Å². The van der Waals surface area contributed by atoms with E-state index in [0.29, 0.717) is 22.7 Å². The number of nitrogens with zero attached hydrogens (tertiary/aromatic N) is 5. The fourth-order valence-corrected chi connectivity index (χ4v) is 5.03. The van der Waals surface area contributed by atoms with Crippen LogP contribution in [0.5, 0.6) is 5.75 Å². The van der Waals surface area contributed by atoms with Crippen LogP contribution in [0.1, 0.15) is 6.42 Å². The van der Waals surface area contributed by atoms with Gasteiger partial charge in [-0.05, 0) is 44.8 Å². The Morgan fingerprint density at radius 1 is 1.23 bits per heavy atom. The van der Waals surface area contributed by atoms with Crippen LogP contribution in [0.3, 0.4) is 0 Å². The van der Waals surface area contributed by atoms with E-state index in [-0.39, 0.29) is 0 Å². The van der Waals surface area contributed by atoms with E-state index in [1.54, 1.807) is 13.3 Å². The fourth-order valence-electron chi connectivity index (χ4n) is 4.83. The molecule has 0 saturated carbocycles. The van der Waals surface area contributed by atoms with E-state index in [0.717, 1.165) is 58.8 Å². The van der Waals surface area contributed by atoms with Crippen LogP contribution in [0.25, 0.3) is 22.2 Å². The Balaban J connectivity index is 1.43. The minimum Gasteiger partial charge on any atom is -0.495 e. The molecule has 0 radical (unpaired) electrons. The molecule has 5 rings (SSSR count). The van der Waals surface area contributed by atoms with Gasteiger partial charge in [-0.3, -0.25) is 0 Å². The minimum absolute atomic E-state index is 0.449. The second kappa shape index (κ2) is 9.28. The van der Waals surface area contributed by atoms with Gasteiger partial charge in [-0.25, -0.2) is 9.97 Å². The molecule has 1 aliphatic heterocycles. The zero-order valence-electron chi connectivity index (χ0n) is 20.4. The number of aryl methyl sites for hydroxylation is 1. The lowest BCUT2D eigenvalue weighted by atomic mass is 10.1. The van der Waals surface area contributed by atoms with E-state index in [1.807, 2.05) is 48.1 Å². The second-order valence-corrected chi connectivity index (χ2v) is 9.56. The summed E-state index contributed by atoms with van der Waals surface area (Å²) in [6, 6.07) is 12.5. The van der Waals surface area contributed by atoms with Crippen molar-refractivity contribution in [3.63, 3.8) is 0 Å². The lowest BCUT2D eigenvalue weighted by molar-refractivity contribution is 0.315. The maximum Gasteiger partial charge on any atom is 0.227 e. The molecule has 8 nitrogen and oxygen atoms in total. The van der Waals surface area contributed by atoms with Gasteiger partial charge in [0.15, 0.2) is 0 Å². The molecule has 1 atom stereocenters. The lowest BCUT2D eigenvalue weighted by Crippen LogP contribution is -2.31. The number of benzene rings is 2. The highest BCUT2D eigenvalue weighted by Crippen LogP contribution is 2.37. The van der Waals surface area contributed by atoms with Crippen molar-refractivity contribution in [1.82, 2.24) is 19.4 Å². The van der Waals surface area contributed by atoms with E-state index in [4.69, 9.17) is 27.1 Å². The van der Waals surface area contributed by atoms with Crippen molar-refractivity contribution in [2.75, 3.05) is 50.2 Å². The second-order valence-electron chi connectivity index (χ2n) is 9.15. The van der Waals surface area contributed by atoms with Crippen molar-refractivity contribution in [2.45, 2.75) is 12.5 Å². The predicted molar refractivity (Wildman–Crippen MR) is 144 cm³/mol. The summed E-state index contributed by atoms with van der Waals surface area (Å²) >= 11 is 6.55. The summed E-state index contributed by atoms with van der Waals surface area (Å²) in [6.07, 6.45) is 4.76. The third-order valence-electron chi connectivity index (χ3n) is 6.70. The van der Waals surface area contributed by atoms with Gasteiger partial charge in [-0.15, -0.1) is 0 Å².